The second-order valence-electron chi connectivity index (χ2n) is 3.60. The van der Waals surface area contributed by atoms with Crippen molar-refractivity contribution in [2.45, 2.75) is 0 Å². The largest absolute Gasteiger partial charge is 0.478 e. The van der Waals surface area contributed by atoms with Gasteiger partial charge >= 0.3 is 5.97 Å². The Kier molecular flexibility index (Phi) is 3.23. The first-order valence-corrected chi connectivity index (χ1v) is 5.12. The van der Waals surface area contributed by atoms with Gasteiger partial charge in [0.25, 0.3) is 0 Å². The summed E-state index contributed by atoms with van der Waals surface area (Å²) in [5.74, 6) is -2.36. The standard InChI is InChI=1S/C13H9F2NO2/c14-8-5-6-9(13(17)18)12(7-8)16-11-4-2-1-3-10(11)15/h1-7,16H,(H,17,18). The van der Waals surface area contributed by atoms with Crippen LogP contribution in [0.25, 0.3) is 0 Å². The second kappa shape index (κ2) is 4.83. The van der Waals surface area contributed by atoms with Crippen molar-refractivity contribution in [1.82, 2.24) is 0 Å². The number of anilines is 2. The van der Waals surface area contributed by atoms with E-state index < -0.39 is 17.6 Å². The number of hydrogen-bond acceptors (Lipinski definition) is 2. The summed E-state index contributed by atoms with van der Waals surface area (Å²) >= 11 is 0. The normalized spacial score (nSPS) is 10.1. The first kappa shape index (κ1) is 12.0. The van der Waals surface area contributed by atoms with Crippen molar-refractivity contribution in [3.8, 4) is 0 Å². The molecule has 18 heavy (non-hydrogen) atoms. The fraction of sp³-hybridized carbons (Fsp3) is 0. The minimum Gasteiger partial charge on any atom is -0.478 e. The number of carbonyl (C=O) groups is 1. The summed E-state index contributed by atoms with van der Waals surface area (Å²) in [6, 6.07) is 8.93. The molecule has 0 radical (unpaired) electrons. The lowest BCUT2D eigenvalue weighted by Crippen LogP contribution is -2.04. The van der Waals surface area contributed by atoms with Gasteiger partial charge in [0.15, 0.2) is 0 Å². The fourth-order valence-electron chi connectivity index (χ4n) is 1.51. The smallest absolute Gasteiger partial charge is 0.337 e. The number of nitrogens with one attached hydrogen (secondary N) is 1. The van der Waals surface area contributed by atoms with Gasteiger partial charge in [-0.1, -0.05) is 12.1 Å². The van der Waals surface area contributed by atoms with Gasteiger partial charge in [0, 0.05) is 0 Å². The van der Waals surface area contributed by atoms with E-state index in [1.54, 1.807) is 6.07 Å². The molecule has 0 aromatic heterocycles. The molecule has 2 aromatic carbocycles. The van der Waals surface area contributed by atoms with E-state index in [0.717, 1.165) is 18.2 Å². The maximum Gasteiger partial charge on any atom is 0.337 e. The quantitative estimate of drug-likeness (QED) is 0.876. The third-order valence-electron chi connectivity index (χ3n) is 2.36. The number of carboxylic acids is 1. The van der Waals surface area contributed by atoms with E-state index >= 15 is 0 Å². The molecular weight excluding hydrogens is 240 g/mol. The van der Waals surface area contributed by atoms with E-state index in [4.69, 9.17) is 5.11 Å². The molecule has 0 amide bonds. The summed E-state index contributed by atoms with van der Waals surface area (Å²) in [6.07, 6.45) is 0. The van der Waals surface area contributed by atoms with Gasteiger partial charge in [0.2, 0.25) is 0 Å². The van der Waals surface area contributed by atoms with Gasteiger partial charge in [-0.15, -0.1) is 0 Å². The lowest BCUT2D eigenvalue weighted by molar-refractivity contribution is 0.0698. The summed E-state index contributed by atoms with van der Waals surface area (Å²) in [5.41, 5.74) is -0.0298. The van der Waals surface area contributed by atoms with Gasteiger partial charge in [0.05, 0.1) is 16.9 Å². The predicted octanol–water partition coefficient (Wildman–Crippen LogP) is 3.41. The molecular formula is C13H9F2NO2. The van der Waals surface area contributed by atoms with Gasteiger partial charge < -0.3 is 10.4 Å². The van der Waals surface area contributed by atoms with Crippen molar-refractivity contribution in [2.24, 2.45) is 0 Å². The zero-order valence-electron chi connectivity index (χ0n) is 9.15. The number of benzene rings is 2. The number of carboxylic acid groups (broad SMARTS) is 1. The van der Waals surface area contributed by atoms with Gasteiger partial charge in [-0.25, -0.2) is 13.6 Å². The fourth-order valence-corrected chi connectivity index (χ4v) is 1.51. The monoisotopic (exact) mass is 249 g/mol. The van der Waals surface area contributed by atoms with E-state index in [0.29, 0.717) is 0 Å². The molecule has 3 nitrogen and oxygen atoms in total. The van der Waals surface area contributed by atoms with Crippen LogP contribution in [0.2, 0.25) is 0 Å². The zero-order chi connectivity index (χ0) is 13.1. The molecule has 0 aliphatic rings. The minimum absolute atomic E-state index is 0.00704. The lowest BCUT2D eigenvalue weighted by Gasteiger charge is -2.10. The van der Waals surface area contributed by atoms with Crippen LogP contribution in [-0.4, -0.2) is 11.1 Å². The van der Waals surface area contributed by atoms with Crippen molar-refractivity contribution in [3.05, 3.63) is 59.7 Å². The number of hydrogen-bond donors (Lipinski definition) is 2. The highest BCUT2D eigenvalue weighted by molar-refractivity contribution is 5.95. The van der Waals surface area contributed by atoms with E-state index in [9.17, 15) is 13.6 Å². The van der Waals surface area contributed by atoms with Crippen LogP contribution in [0.15, 0.2) is 42.5 Å². The summed E-state index contributed by atoms with van der Waals surface area (Å²) in [6.45, 7) is 0. The third-order valence-corrected chi connectivity index (χ3v) is 2.36. The van der Waals surface area contributed by atoms with Crippen LogP contribution < -0.4 is 5.32 Å². The van der Waals surface area contributed by atoms with Crippen LogP contribution in [0.1, 0.15) is 10.4 Å². The molecule has 0 aliphatic carbocycles. The number of aromatic carboxylic acids is 1. The van der Waals surface area contributed by atoms with E-state index in [2.05, 4.69) is 5.32 Å². The highest BCUT2D eigenvalue weighted by Crippen LogP contribution is 2.24. The average Bonchev–Trinajstić information content (AvgIpc) is 2.32. The highest BCUT2D eigenvalue weighted by atomic mass is 19.1. The Morgan fingerprint density at radius 3 is 2.44 bits per heavy atom. The molecule has 0 saturated carbocycles. The molecule has 5 heteroatoms. The van der Waals surface area contributed by atoms with Gasteiger partial charge in [-0.2, -0.15) is 0 Å². The highest BCUT2D eigenvalue weighted by Gasteiger charge is 2.12. The molecule has 2 rings (SSSR count). The van der Waals surface area contributed by atoms with Crippen molar-refractivity contribution >= 4 is 17.3 Å². The average molecular weight is 249 g/mol. The number of para-hydroxylation sites is 1. The Balaban J connectivity index is 2.42. The Morgan fingerprint density at radius 2 is 1.78 bits per heavy atom. The molecule has 0 saturated heterocycles. The second-order valence-corrected chi connectivity index (χ2v) is 3.60. The molecule has 0 unspecified atom stereocenters. The molecule has 0 fully saturated rings. The summed E-state index contributed by atoms with van der Waals surface area (Å²) in [7, 11) is 0. The molecule has 92 valence electrons. The first-order valence-electron chi connectivity index (χ1n) is 5.12. The Bertz CT molecular complexity index is 599. The minimum atomic E-state index is -1.21. The van der Waals surface area contributed by atoms with Crippen molar-refractivity contribution in [3.63, 3.8) is 0 Å². The van der Waals surface area contributed by atoms with E-state index in [1.165, 1.54) is 18.2 Å². The Labute approximate surface area is 102 Å². The predicted molar refractivity (Wildman–Crippen MR) is 63.0 cm³/mol. The SMILES string of the molecule is O=C(O)c1ccc(F)cc1Nc1ccccc1F. The zero-order valence-corrected chi connectivity index (χ0v) is 9.15. The lowest BCUT2D eigenvalue weighted by atomic mass is 10.1. The van der Waals surface area contributed by atoms with Crippen LogP contribution in [0, 0.1) is 11.6 Å². The molecule has 2 aromatic rings. The van der Waals surface area contributed by atoms with Crippen LogP contribution in [0.4, 0.5) is 20.2 Å². The molecule has 0 atom stereocenters. The summed E-state index contributed by atoms with van der Waals surface area (Å²) < 4.78 is 26.5. The van der Waals surface area contributed by atoms with Crippen molar-refractivity contribution in [2.75, 3.05) is 5.32 Å². The molecule has 0 spiro atoms. The Hall–Kier alpha value is -2.43. The van der Waals surface area contributed by atoms with Crippen molar-refractivity contribution in [1.29, 1.82) is 0 Å². The maximum absolute atomic E-state index is 13.4. The van der Waals surface area contributed by atoms with E-state index in [1.807, 2.05) is 0 Å². The van der Waals surface area contributed by atoms with Gasteiger partial charge in [-0.05, 0) is 30.3 Å². The van der Waals surface area contributed by atoms with Crippen molar-refractivity contribution < 1.29 is 18.7 Å². The van der Waals surface area contributed by atoms with E-state index in [-0.39, 0.29) is 16.9 Å². The number of halogens is 2. The first-order chi connectivity index (χ1) is 8.58. The van der Waals surface area contributed by atoms with Gasteiger partial charge in [0.1, 0.15) is 11.6 Å². The van der Waals surface area contributed by atoms with Crippen LogP contribution in [0.5, 0.6) is 0 Å². The van der Waals surface area contributed by atoms with Crippen LogP contribution >= 0.6 is 0 Å². The molecule has 0 heterocycles. The summed E-state index contributed by atoms with van der Waals surface area (Å²) in [5, 5.41) is 11.5. The van der Waals surface area contributed by atoms with Gasteiger partial charge in [-0.3, -0.25) is 0 Å². The molecule has 0 aliphatic heterocycles. The Morgan fingerprint density at radius 1 is 1.06 bits per heavy atom. The number of rotatable bonds is 3. The van der Waals surface area contributed by atoms with Crippen LogP contribution in [-0.2, 0) is 0 Å². The topological polar surface area (TPSA) is 49.3 Å². The maximum atomic E-state index is 13.4. The summed E-state index contributed by atoms with van der Waals surface area (Å²) in [4.78, 5) is 11.0. The third kappa shape index (κ3) is 2.45. The van der Waals surface area contributed by atoms with Crippen LogP contribution in [0.3, 0.4) is 0 Å². The molecule has 0 bridgehead atoms. The molecule has 2 N–H and O–H groups in total.